The summed E-state index contributed by atoms with van der Waals surface area (Å²) in [7, 11) is 0. The van der Waals surface area contributed by atoms with E-state index in [-0.39, 0.29) is 17.1 Å². The SMILES string of the molecule is CC(C)CNC(=O)c1ccccc1NC(=O)[C@H](C)Sc1ccc(Cl)cc1. The summed E-state index contributed by atoms with van der Waals surface area (Å²) in [6.07, 6.45) is 0. The number of benzene rings is 2. The van der Waals surface area contributed by atoms with E-state index in [1.165, 1.54) is 11.8 Å². The lowest BCUT2D eigenvalue weighted by Gasteiger charge is -2.15. The Bertz CT molecular complexity index is 763. The van der Waals surface area contributed by atoms with E-state index in [1.807, 2.05) is 32.9 Å². The normalized spacial score (nSPS) is 11.9. The molecule has 2 aromatic carbocycles. The van der Waals surface area contributed by atoms with Gasteiger partial charge in [0.05, 0.1) is 16.5 Å². The van der Waals surface area contributed by atoms with Gasteiger partial charge in [0.25, 0.3) is 5.91 Å². The fourth-order valence-electron chi connectivity index (χ4n) is 2.19. The van der Waals surface area contributed by atoms with Gasteiger partial charge in [0.2, 0.25) is 5.91 Å². The van der Waals surface area contributed by atoms with Gasteiger partial charge >= 0.3 is 0 Å². The standard InChI is InChI=1S/C20H23ClN2O2S/c1-13(2)12-22-20(25)17-6-4-5-7-18(17)23-19(24)14(3)26-16-10-8-15(21)9-11-16/h4-11,13-14H,12H2,1-3H3,(H,22,25)(H,23,24)/t14-/m0/s1. The van der Waals surface area contributed by atoms with Gasteiger partial charge in [-0.2, -0.15) is 0 Å². The molecule has 1 atom stereocenters. The van der Waals surface area contributed by atoms with Crippen LogP contribution in [0.5, 0.6) is 0 Å². The van der Waals surface area contributed by atoms with E-state index >= 15 is 0 Å². The van der Waals surface area contributed by atoms with Crippen molar-refractivity contribution in [1.29, 1.82) is 0 Å². The third-order valence-electron chi connectivity index (χ3n) is 3.60. The fourth-order valence-corrected chi connectivity index (χ4v) is 3.18. The number of halogens is 1. The molecule has 0 radical (unpaired) electrons. The lowest BCUT2D eigenvalue weighted by molar-refractivity contribution is -0.115. The van der Waals surface area contributed by atoms with Crippen LogP contribution in [-0.4, -0.2) is 23.6 Å². The van der Waals surface area contributed by atoms with Crippen molar-refractivity contribution in [2.24, 2.45) is 5.92 Å². The molecule has 0 aromatic heterocycles. The topological polar surface area (TPSA) is 58.2 Å². The molecule has 0 heterocycles. The number of rotatable bonds is 7. The zero-order chi connectivity index (χ0) is 19.1. The lowest BCUT2D eigenvalue weighted by atomic mass is 10.1. The van der Waals surface area contributed by atoms with Crippen LogP contribution in [0, 0.1) is 5.92 Å². The van der Waals surface area contributed by atoms with Crippen LogP contribution in [0.2, 0.25) is 5.02 Å². The van der Waals surface area contributed by atoms with Crippen LogP contribution < -0.4 is 10.6 Å². The first-order chi connectivity index (χ1) is 12.4. The second-order valence-electron chi connectivity index (χ2n) is 6.35. The smallest absolute Gasteiger partial charge is 0.253 e. The third-order valence-corrected chi connectivity index (χ3v) is 4.96. The molecular weight excluding hydrogens is 368 g/mol. The Morgan fingerprint density at radius 1 is 1.04 bits per heavy atom. The van der Waals surface area contributed by atoms with Crippen molar-refractivity contribution in [1.82, 2.24) is 5.32 Å². The van der Waals surface area contributed by atoms with Crippen LogP contribution >= 0.6 is 23.4 Å². The van der Waals surface area contributed by atoms with E-state index in [9.17, 15) is 9.59 Å². The van der Waals surface area contributed by atoms with Crippen LogP contribution in [-0.2, 0) is 4.79 Å². The van der Waals surface area contributed by atoms with E-state index in [4.69, 9.17) is 11.6 Å². The predicted molar refractivity (Wildman–Crippen MR) is 109 cm³/mol. The molecule has 0 spiro atoms. The quantitative estimate of drug-likeness (QED) is 0.664. The number of para-hydroxylation sites is 1. The first kappa shape index (κ1) is 20.3. The molecule has 2 rings (SSSR count). The van der Waals surface area contributed by atoms with E-state index < -0.39 is 0 Å². The number of carbonyl (C=O) groups is 2. The average molecular weight is 391 g/mol. The first-order valence-electron chi connectivity index (χ1n) is 8.47. The molecule has 6 heteroatoms. The van der Waals surface area contributed by atoms with Gasteiger partial charge in [-0.25, -0.2) is 0 Å². The fraction of sp³-hybridized carbons (Fsp3) is 0.300. The van der Waals surface area contributed by atoms with Crippen LogP contribution in [0.25, 0.3) is 0 Å². The van der Waals surface area contributed by atoms with Gasteiger partial charge < -0.3 is 10.6 Å². The Labute approximate surface area is 163 Å². The van der Waals surface area contributed by atoms with Gasteiger partial charge in [-0.1, -0.05) is 37.6 Å². The number of thioether (sulfide) groups is 1. The molecule has 4 nitrogen and oxygen atoms in total. The Hall–Kier alpha value is -1.98. The van der Waals surface area contributed by atoms with Gasteiger partial charge in [0.15, 0.2) is 0 Å². The summed E-state index contributed by atoms with van der Waals surface area (Å²) < 4.78 is 0. The van der Waals surface area contributed by atoms with Gasteiger partial charge in [0.1, 0.15) is 0 Å². The highest BCUT2D eigenvalue weighted by atomic mass is 35.5. The van der Waals surface area contributed by atoms with Crippen molar-refractivity contribution in [3.8, 4) is 0 Å². The number of amides is 2. The zero-order valence-electron chi connectivity index (χ0n) is 15.1. The molecule has 138 valence electrons. The molecule has 0 bridgehead atoms. The van der Waals surface area contributed by atoms with Crippen molar-refractivity contribution in [2.75, 3.05) is 11.9 Å². The van der Waals surface area contributed by atoms with Gasteiger partial charge in [0, 0.05) is 16.5 Å². The number of hydrogen-bond acceptors (Lipinski definition) is 3. The minimum absolute atomic E-state index is 0.158. The first-order valence-corrected chi connectivity index (χ1v) is 9.73. The molecule has 0 unspecified atom stereocenters. The van der Waals surface area contributed by atoms with Crippen LogP contribution in [0.3, 0.4) is 0 Å². The van der Waals surface area contributed by atoms with Crippen molar-refractivity contribution in [3.05, 3.63) is 59.1 Å². The maximum absolute atomic E-state index is 12.5. The number of carbonyl (C=O) groups excluding carboxylic acids is 2. The number of nitrogens with one attached hydrogen (secondary N) is 2. The molecule has 0 saturated carbocycles. The van der Waals surface area contributed by atoms with Crippen LogP contribution in [0.4, 0.5) is 5.69 Å². The van der Waals surface area contributed by atoms with E-state index in [2.05, 4.69) is 10.6 Å². The van der Waals surface area contributed by atoms with Gasteiger partial charge in [-0.15, -0.1) is 11.8 Å². The molecule has 26 heavy (non-hydrogen) atoms. The second-order valence-corrected chi connectivity index (χ2v) is 8.20. The van der Waals surface area contributed by atoms with Gasteiger partial charge in [-0.3, -0.25) is 9.59 Å². The van der Waals surface area contributed by atoms with Crippen molar-refractivity contribution >= 4 is 40.9 Å². The highest BCUT2D eigenvalue weighted by Gasteiger charge is 2.18. The van der Waals surface area contributed by atoms with Crippen LogP contribution in [0.15, 0.2) is 53.4 Å². The summed E-state index contributed by atoms with van der Waals surface area (Å²) >= 11 is 7.32. The average Bonchev–Trinajstić information content (AvgIpc) is 2.62. The van der Waals surface area contributed by atoms with Crippen molar-refractivity contribution in [2.45, 2.75) is 30.9 Å². The molecule has 0 aliphatic rings. The summed E-state index contributed by atoms with van der Waals surface area (Å²) in [6.45, 7) is 6.48. The summed E-state index contributed by atoms with van der Waals surface area (Å²) in [6, 6.07) is 14.4. The Kier molecular flexibility index (Phi) is 7.54. The zero-order valence-corrected chi connectivity index (χ0v) is 16.7. The molecule has 2 amide bonds. The van der Waals surface area contributed by atoms with Gasteiger partial charge in [-0.05, 0) is 49.2 Å². The van der Waals surface area contributed by atoms with Crippen LogP contribution in [0.1, 0.15) is 31.1 Å². The maximum atomic E-state index is 12.5. The third kappa shape index (κ3) is 6.07. The maximum Gasteiger partial charge on any atom is 0.253 e. The Morgan fingerprint density at radius 3 is 2.35 bits per heavy atom. The van der Waals surface area contributed by atoms with E-state index in [0.717, 1.165) is 4.90 Å². The second kappa shape index (κ2) is 9.64. The largest absolute Gasteiger partial charge is 0.352 e. The van der Waals surface area contributed by atoms with Crippen molar-refractivity contribution < 1.29 is 9.59 Å². The summed E-state index contributed by atoms with van der Waals surface area (Å²) in [5.74, 6) is 0.0122. The number of anilines is 1. The molecule has 0 saturated heterocycles. The molecule has 0 aliphatic carbocycles. The highest BCUT2D eigenvalue weighted by Crippen LogP contribution is 2.26. The predicted octanol–water partition coefficient (Wildman–Crippen LogP) is 4.85. The van der Waals surface area contributed by atoms with E-state index in [0.29, 0.717) is 28.7 Å². The molecule has 0 aliphatic heterocycles. The lowest BCUT2D eigenvalue weighted by Crippen LogP contribution is -2.29. The monoisotopic (exact) mass is 390 g/mol. The summed E-state index contributed by atoms with van der Waals surface area (Å²) in [5, 5.41) is 6.09. The molecule has 2 aromatic rings. The molecule has 2 N–H and O–H groups in total. The minimum atomic E-state index is -0.317. The Morgan fingerprint density at radius 2 is 1.69 bits per heavy atom. The summed E-state index contributed by atoms with van der Waals surface area (Å²) in [4.78, 5) is 25.9. The van der Waals surface area contributed by atoms with E-state index in [1.54, 1.807) is 36.4 Å². The Balaban J connectivity index is 2.04. The number of hydrogen-bond donors (Lipinski definition) is 2. The summed E-state index contributed by atoms with van der Waals surface area (Å²) in [5.41, 5.74) is 0.979. The van der Waals surface area contributed by atoms with Crippen molar-refractivity contribution in [3.63, 3.8) is 0 Å². The minimum Gasteiger partial charge on any atom is -0.352 e. The highest BCUT2D eigenvalue weighted by molar-refractivity contribution is 8.00. The molecular formula is C20H23ClN2O2S. The molecule has 0 fully saturated rings.